The second-order valence-corrected chi connectivity index (χ2v) is 4.18. The van der Waals surface area contributed by atoms with E-state index in [0.717, 1.165) is 26.0 Å². The maximum Gasteiger partial charge on any atom is 0.188 e. The summed E-state index contributed by atoms with van der Waals surface area (Å²) in [4.78, 5) is 4.20. The number of hydrogen-bond donors (Lipinski definition) is 2. The third kappa shape index (κ3) is 8.00. The van der Waals surface area contributed by atoms with Gasteiger partial charge < -0.3 is 15.8 Å². The van der Waals surface area contributed by atoms with Gasteiger partial charge in [-0.1, -0.05) is 36.4 Å². The Morgan fingerprint density at radius 1 is 1.32 bits per heavy atom. The highest BCUT2D eigenvalue weighted by Gasteiger charge is 1.93. The zero-order valence-electron chi connectivity index (χ0n) is 11.3. The quantitative estimate of drug-likeness (QED) is 0.310. The van der Waals surface area contributed by atoms with Gasteiger partial charge in [0.1, 0.15) is 0 Å². The van der Waals surface area contributed by atoms with Crippen LogP contribution in [-0.4, -0.2) is 25.7 Å². The second-order valence-electron chi connectivity index (χ2n) is 4.18. The van der Waals surface area contributed by atoms with Crippen LogP contribution in [0, 0.1) is 0 Å². The minimum absolute atomic E-state index is 0.477. The van der Waals surface area contributed by atoms with Crippen LogP contribution in [0.1, 0.15) is 18.4 Å². The van der Waals surface area contributed by atoms with Crippen molar-refractivity contribution in [2.75, 3.05) is 19.7 Å². The lowest BCUT2D eigenvalue weighted by atomic mass is 10.2. The lowest BCUT2D eigenvalue weighted by Crippen LogP contribution is -2.31. The Hall–Kier alpha value is -1.81. The molecule has 0 amide bonds. The number of benzene rings is 1. The maximum absolute atomic E-state index is 5.64. The van der Waals surface area contributed by atoms with E-state index in [9.17, 15) is 0 Å². The van der Waals surface area contributed by atoms with Crippen molar-refractivity contribution in [3.05, 3.63) is 48.6 Å². The van der Waals surface area contributed by atoms with E-state index >= 15 is 0 Å². The molecule has 1 aromatic carbocycles. The van der Waals surface area contributed by atoms with Crippen LogP contribution in [0.15, 0.2) is 48.0 Å². The lowest BCUT2D eigenvalue weighted by Gasteiger charge is -2.04. The molecule has 3 N–H and O–H groups in total. The van der Waals surface area contributed by atoms with Gasteiger partial charge in [0.25, 0.3) is 0 Å². The third-order valence-corrected chi connectivity index (χ3v) is 2.52. The molecule has 1 rings (SSSR count). The molecule has 1 aromatic rings. The molecule has 0 bridgehead atoms. The van der Waals surface area contributed by atoms with Crippen molar-refractivity contribution in [3.8, 4) is 0 Å². The maximum atomic E-state index is 5.64. The van der Waals surface area contributed by atoms with Gasteiger partial charge in [-0.3, -0.25) is 4.99 Å². The zero-order chi connectivity index (χ0) is 13.8. The molecule has 104 valence electrons. The first-order valence-corrected chi connectivity index (χ1v) is 6.59. The number of nitrogens with two attached hydrogens (primary N) is 1. The Balaban J connectivity index is 1.98. The molecular weight excluding hydrogens is 238 g/mol. The SMILES string of the molecule is C=CCNC(N)=NCCCCOCc1ccccc1. The van der Waals surface area contributed by atoms with Crippen molar-refractivity contribution in [3.63, 3.8) is 0 Å². The third-order valence-electron chi connectivity index (χ3n) is 2.52. The molecule has 0 aliphatic heterocycles. The predicted molar refractivity (Wildman–Crippen MR) is 80.0 cm³/mol. The number of nitrogens with zero attached hydrogens (tertiary/aromatic N) is 1. The molecule has 0 saturated carbocycles. The monoisotopic (exact) mass is 261 g/mol. The number of nitrogens with one attached hydrogen (secondary N) is 1. The first kappa shape index (κ1) is 15.2. The molecule has 0 aliphatic carbocycles. The largest absolute Gasteiger partial charge is 0.377 e. The van der Waals surface area contributed by atoms with Crippen molar-refractivity contribution >= 4 is 5.96 Å². The topological polar surface area (TPSA) is 59.6 Å². The number of guanidine groups is 1. The van der Waals surface area contributed by atoms with Crippen LogP contribution in [-0.2, 0) is 11.3 Å². The smallest absolute Gasteiger partial charge is 0.188 e. The highest BCUT2D eigenvalue weighted by Crippen LogP contribution is 2.01. The fraction of sp³-hybridized carbons (Fsp3) is 0.400. The predicted octanol–water partition coefficient (Wildman–Crippen LogP) is 2.07. The molecule has 4 nitrogen and oxygen atoms in total. The molecule has 19 heavy (non-hydrogen) atoms. The summed E-state index contributed by atoms with van der Waals surface area (Å²) < 4.78 is 5.58. The molecule has 0 radical (unpaired) electrons. The Morgan fingerprint density at radius 3 is 2.84 bits per heavy atom. The van der Waals surface area contributed by atoms with E-state index in [1.54, 1.807) is 6.08 Å². The molecule has 0 aromatic heterocycles. The molecule has 0 spiro atoms. The van der Waals surface area contributed by atoms with E-state index < -0.39 is 0 Å². The minimum atomic E-state index is 0.477. The van der Waals surface area contributed by atoms with Crippen LogP contribution in [0.2, 0.25) is 0 Å². The van der Waals surface area contributed by atoms with Crippen molar-refractivity contribution in [2.45, 2.75) is 19.4 Å². The van der Waals surface area contributed by atoms with Crippen LogP contribution in [0.5, 0.6) is 0 Å². The first-order chi connectivity index (χ1) is 9.33. The lowest BCUT2D eigenvalue weighted by molar-refractivity contribution is 0.117. The van der Waals surface area contributed by atoms with Gasteiger partial charge in [0.15, 0.2) is 5.96 Å². The molecule has 0 heterocycles. The van der Waals surface area contributed by atoms with Crippen LogP contribution in [0.3, 0.4) is 0 Å². The van der Waals surface area contributed by atoms with E-state index in [4.69, 9.17) is 10.5 Å². The van der Waals surface area contributed by atoms with Gasteiger partial charge in [-0.25, -0.2) is 0 Å². The molecule has 0 unspecified atom stereocenters. The summed E-state index contributed by atoms with van der Waals surface area (Å²) in [5.74, 6) is 0.477. The van der Waals surface area contributed by atoms with Crippen LogP contribution < -0.4 is 11.1 Å². The normalized spacial score (nSPS) is 11.3. The highest BCUT2D eigenvalue weighted by molar-refractivity contribution is 5.77. The number of ether oxygens (including phenoxy) is 1. The number of aliphatic imine (C=N–C) groups is 1. The summed E-state index contributed by atoms with van der Waals surface area (Å²) in [5, 5.41) is 2.93. The Bertz CT molecular complexity index is 376. The fourth-order valence-electron chi connectivity index (χ4n) is 1.51. The van der Waals surface area contributed by atoms with Gasteiger partial charge >= 0.3 is 0 Å². The first-order valence-electron chi connectivity index (χ1n) is 6.59. The number of rotatable bonds is 9. The van der Waals surface area contributed by atoms with Crippen molar-refractivity contribution in [1.29, 1.82) is 0 Å². The van der Waals surface area contributed by atoms with Gasteiger partial charge in [-0.15, -0.1) is 6.58 Å². The molecule has 4 heteroatoms. The van der Waals surface area contributed by atoms with Gasteiger partial charge in [0.2, 0.25) is 0 Å². The van der Waals surface area contributed by atoms with Crippen molar-refractivity contribution < 1.29 is 4.74 Å². The van der Waals surface area contributed by atoms with E-state index in [-0.39, 0.29) is 0 Å². The average Bonchev–Trinajstić information content (AvgIpc) is 2.45. The number of unbranched alkanes of at least 4 members (excludes halogenated alkanes) is 1. The van der Waals surface area contributed by atoms with E-state index in [0.29, 0.717) is 19.1 Å². The van der Waals surface area contributed by atoms with E-state index in [1.807, 2.05) is 18.2 Å². The summed E-state index contributed by atoms with van der Waals surface area (Å²) in [6, 6.07) is 10.2. The summed E-state index contributed by atoms with van der Waals surface area (Å²) in [6.45, 7) is 6.40. The Morgan fingerprint density at radius 2 is 2.11 bits per heavy atom. The highest BCUT2D eigenvalue weighted by atomic mass is 16.5. The van der Waals surface area contributed by atoms with Crippen LogP contribution in [0.25, 0.3) is 0 Å². The van der Waals surface area contributed by atoms with E-state index in [2.05, 4.69) is 29.0 Å². The van der Waals surface area contributed by atoms with Gasteiger partial charge in [0.05, 0.1) is 6.61 Å². The van der Waals surface area contributed by atoms with Crippen LogP contribution >= 0.6 is 0 Å². The summed E-state index contributed by atoms with van der Waals surface area (Å²) in [6.07, 6.45) is 3.72. The fourth-order valence-corrected chi connectivity index (χ4v) is 1.51. The Kier molecular flexibility index (Phi) is 8.14. The standard InChI is InChI=1S/C15H23N3O/c1-2-10-17-15(16)18-11-6-7-12-19-13-14-8-4-3-5-9-14/h2-5,8-9H,1,6-7,10-13H2,(H3,16,17,18). The minimum Gasteiger partial charge on any atom is -0.377 e. The van der Waals surface area contributed by atoms with Crippen LogP contribution in [0.4, 0.5) is 0 Å². The molecule has 0 atom stereocenters. The Labute approximate surface area is 115 Å². The van der Waals surface area contributed by atoms with Gasteiger partial charge in [0, 0.05) is 19.7 Å². The van der Waals surface area contributed by atoms with Crippen molar-refractivity contribution in [2.24, 2.45) is 10.7 Å². The van der Waals surface area contributed by atoms with E-state index in [1.165, 1.54) is 5.56 Å². The van der Waals surface area contributed by atoms with Crippen molar-refractivity contribution in [1.82, 2.24) is 5.32 Å². The molecule has 0 fully saturated rings. The zero-order valence-corrected chi connectivity index (χ0v) is 11.3. The van der Waals surface area contributed by atoms with Gasteiger partial charge in [-0.2, -0.15) is 0 Å². The second kappa shape index (κ2) is 10.1. The molecule has 0 aliphatic rings. The average molecular weight is 261 g/mol. The number of hydrogen-bond acceptors (Lipinski definition) is 2. The van der Waals surface area contributed by atoms with Gasteiger partial charge in [-0.05, 0) is 18.4 Å². The summed E-state index contributed by atoms with van der Waals surface area (Å²) >= 11 is 0. The summed E-state index contributed by atoms with van der Waals surface area (Å²) in [5.41, 5.74) is 6.84. The molecule has 0 saturated heterocycles. The molecular formula is C15H23N3O. The summed E-state index contributed by atoms with van der Waals surface area (Å²) in [7, 11) is 0.